The molecule has 49 heavy (non-hydrogen) atoms. The molecule has 4 aliphatic rings. The van der Waals surface area contributed by atoms with E-state index in [0.29, 0.717) is 10.8 Å². The lowest BCUT2D eigenvalue weighted by Crippen LogP contribution is -2.61. The average Bonchev–Trinajstić information content (AvgIpc) is 3.61. The molecule has 12 rings (SSSR count). The molecular weight excluding hydrogens is 629 g/mol. The molecule has 6 aromatic carbocycles. The average molecular weight is 665 g/mol. The van der Waals surface area contributed by atoms with Crippen molar-refractivity contribution in [2.45, 2.75) is 45.4 Å². The van der Waals surface area contributed by atoms with Crippen LogP contribution >= 0.6 is 22.7 Å². The van der Waals surface area contributed by atoms with E-state index >= 15 is 0 Å². The van der Waals surface area contributed by atoms with E-state index in [1.165, 1.54) is 93.0 Å². The molecule has 2 heterocycles. The van der Waals surface area contributed by atoms with Crippen LogP contribution in [0.3, 0.4) is 0 Å². The molecule has 2 spiro atoms. The third-order valence-electron chi connectivity index (χ3n) is 14.6. The number of hydrogen-bond donors (Lipinski definition) is 0. The van der Waals surface area contributed by atoms with Crippen molar-refractivity contribution in [1.82, 2.24) is 0 Å². The molecule has 0 bridgehead atoms. The first-order chi connectivity index (χ1) is 23.9. The highest BCUT2D eigenvalue weighted by molar-refractivity contribution is 7.26. The van der Waals surface area contributed by atoms with Crippen LogP contribution in [0.4, 0.5) is 0 Å². The van der Waals surface area contributed by atoms with Gasteiger partial charge in [0, 0.05) is 45.8 Å². The van der Waals surface area contributed by atoms with E-state index < -0.39 is 0 Å². The van der Waals surface area contributed by atoms with Gasteiger partial charge in [-0.15, -0.1) is 22.7 Å². The topological polar surface area (TPSA) is 0 Å². The molecule has 0 amide bonds. The Hall–Kier alpha value is -4.24. The summed E-state index contributed by atoms with van der Waals surface area (Å²) in [4.78, 5) is 0. The SMILES string of the molecule is CC1(C)[C@H]2CC[C@]3(C)C4(CC213)c1cc(-c2cccc3c2sc2ccccc23)ccc1-c1ccc(-c2cccc3c2sc2ccccc23)cc14. The second kappa shape index (κ2) is 8.73. The Morgan fingerprint density at radius 3 is 1.57 bits per heavy atom. The Labute approximate surface area is 295 Å². The normalized spacial score (nSPS) is 25.1. The Balaban J connectivity index is 1.09. The second-order valence-corrected chi connectivity index (χ2v) is 18.4. The monoisotopic (exact) mass is 664 g/mol. The quantitative estimate of drug-likeness (QED) is 0.173. The largest absolute Gasteiger partial charge is 0.135 e. The molecule has 0 nitrogen and oxygen atoms in total. The number of fused-ring (bicyclic) bond motifs is 12. The van der Waals surface area contributed by atoms with Gasteiger partial charge in [0.1, 0.15) is 0 Å². The zero-order chi connectivity index (χ0) is 32.5. The van der Waals surface area contributed by atoms with Crippen molar-refractivity contribution >= 4 is 63.0 Å². The molecule has 2 aromatic heterocycles. The van der Waals surface area contributed by atoms with E-state index in [9.17, 15) is 0 Å². The van der Waals surface area contributed by atoms with E-state index in [1.54, 1.807) is 11.1 Å². The summed E-state index contributed by atoms with van der Waals surface area (Å²) in [7, 11) is 0. The van der Waals surface area contributed by atoms with Gasteiger partial charge in [-0.2, -0.15) is 0 Å². The van der Waals surface area contributed by atoms with E-state index in [-0.39, 0.29) is 10.8 Å². The Bertz CT molecular complexity index is 2610. The minimum absolute atomic E-state index is 0.0360. The van der Waals surface area contributed by atoms with Crippen LogP contribution in [-0.4, -0.2) is 0 Å². The predicted octanol–water partition coefficient (Wildman–Crippen LogP) is 13.9. The van der Waals surface area contributed by atoms with Gasteiger partial charge in [0.05, 0.1) is 0 Å². The van der Waals surface area contributed by atoms with Gasteiger partial charge in [0.15, 0.2) is 0 Å². The van der Waals surface area contributed by atoms with E-state index in [0.717, 1.165) is 5.92 Å². The summed E-state index contributed by atoms with van der Waals surface area (Å²) in [5.41, 5.74) is 12.8. The zero-order valence-corrected chi connectivity index (χ0v) is 29.7. The number of benzene rings is 6. The van der Waals surface area contributed by atoms with Crippen molar-refractivity contribution in [3.8, 4) is 33.4 Å². The highest BCUT2D eigenvalue weighted by Crippen LogP contribution is 2.96. The highest BCUT2D eigenvalue weighted by Gasteiger charge is 2.91. The van der Waals surface area contributed by atoms with Crippen molar-refractivity contribution in [2.24, 2.45) is 22.2 Å². The van der Waals surface area contributed by atoms with Crippen LogP contribution in [0.5, 0.6) is 0 Å². The lowest BCUT2D eigenvalue weighted by Gasteiger charge is -2.65. The van der Waals surface area contributed by atoms with Gasteiger partial charge < -0.3 is 0 Å². The third-order valence-corrected chi connectivity index (χ3v) is 17.1. The van der Waals surface area contributed by atoms with Gasteiger partial charge in [-0.3, -0.25) is 0 Å². The molecule has 0 aliphatic heterocycles. The zero-order valence-electron chi connectivity index (χ0n) is 28.1. The first-order valence-corrected chi connectivity index (χ1v) is 19.6. The third kappa shape index (κ3) is 2.95. The Kier molecular flexibility index (Phi) is 4.91. The number of rotatable bonds is 2. The van der Waals surface area contributed by atoms with Crippen LogP contribution < -0.4 is 0 Å². The first-order valence-electron chi connectivity index (χ1n) is 18.0. The lowest BCUT2D eigenvalue weighted by atomic mass is 9.38. The molecule has 3 fully saturated rings. The molecule has 8 aromatic rings. The van der Waals surface area contributed by atoms with Gasteiger partial charge in [0.2, 0.25) is 0 Å². The van der Waals surface area contributed by atoms with Crippen LogP contribution in [0.15, 0.2) is 121 Å². The summed E-state index contributed by atoms with van der Waals surface area (Å²) < 4.78 is 5.56. The van der Waals surface area contributed by atoms with Gasteiger partial charge in [0.25, 0.3) is 0 Å². The lowest BCUT2D eigenvalue weighted by molar-refractivity contribution is -0.0792. The summed E-state index contributed by atoms with van der Waals surface area (Å²) >= 11 is 3.89. The van der Waals surface area contributed by atoms with Gasteiger partial charge in [-0.1, -0.05) is 118 Å². The Morgan fingerprint density at radius 2 is 1.04 bits per heavy atom. The van der Waals surface area contributed by atoms with E-state index in [2.05, 4.69) is 142 Å². The standard InChI is InChI=1S/C47H36S2/c1-44(2)41-22-23-45(3)46(26-47(41,44)45)37-24-27(29-12-8-14-35-33-10-4-6-16-39(33)48-42(29)35)18-20-31(37)32-21-19-28(25-38(32)46)30-13-9-15-36-34-11-5-7-17-40(34)49-43(30)36/h4-21,24-25,41H,22-23,26H2,1-3H3/t41-,45-,47?/m1/s1. The van der Waals surface area contributed by atoms with Crippen molar-refractivity contribution in [2.75, 3.05) is 0 Å². The smallest absolute Gasteiger partial charge is 0.0433 e. The molecule has 0 N–H and O–H groups in total. The van der Waals surface area contributed by atoms with Crippen molar-refractivity contribution < 1.29 is 0 Å². The van der Waals surface area contributed by atoms with Crippen LogP contribution in [0.25, 0.3) is 73.7 Å². The maximum atomic E-state index is 2.70. The summed E-state index contributed by atoms with van der Waals surface area (Å²) in [6, 6.07) is 46.8. The van der Waals surface area contributed by atoms with Crippen LogP contribution in [0.2, 0.25) is 0 Å². The summed E-state index contributed by atoms with van der Waals surface area (Å²) in [6.07, 6.45) is 3.98. The molecule has 236 valence electrons. The minimum atomic E-state index is 0.0360. The van der Waals surface area contributed by atoms with Gasteiger partial charge >= 0.3 is 0 Å². The maximum absolute atomic E-state index is 2.70. The molecular formula is C47H36S2. The molecule has 0 saturated heterocycles. The van der Waals surface area contributed by atoms with E-state index in [4.69, 9.17) is 0 Å². The first kappa shape index (κ1) is 27.6. The molecule has 3 atom stereocenters. The maximum Gasteiger partial charge on any atom is 0.0433 e. The summed E-state index contributed by atoms with van der Waals surface area (Å²) in [5, 5.41) is 5.50. The summed E-state index contributed by atoms with van der Waals surface area (Å²) in [6.45, 7) is 7.86. The fourth-order valence-corrected chi connectivity index (χ4v) is 14.9. The number of hydrogen-bond acceptors (Lipinski definition) is 2. The summed E-state index contributed by atoms with van der Waals surface area (Å²) in [5.74, 6) is 0.856. The predicted molar refractivity (Wildman–Crippen MR) is 211 cm³/mol. The van der Waals surface area contributed by atoms with Crippen LogP contribution in [-0.2, 0) is 5.41 Å². The van der Waals surface area contributed by atoms with Gasteiger partial charge in [-0.05, 0) is 110 Å². The fraction of sp³-hybridized carbons (Fsp3) is 0.234. The molecule has 0 radical (unpaired) electrons. The Morgan fingerprint density at radius 1 is 0.531 bits per heavy atom. The molecule has 1 unspecified atom stereocenters. The van der Waals surface area contributed by atoms with Crippen LogP contribution in [0.1, 0.15) is 51.2 Å². The van der Waals surface area contributed by atoms with Crippen LogP contribution in [0, 0.1) is 22.2 Å². The van der Waals surface area contributed by atoms with Crippen molar-refractivity contribution in [3.63, 3.8) is 0 Å². The van der Waals surface area contributed by atoms with E-state index in [1.807, 2.05) is 22.7 Å². The fourth-order valence-electron chi connectivity index (χ4n) is 12.5. The highest BCUT2D eigenvalue weighted by atomic mass is 32.1. The molecule has 4 aliphatic carbocycles. The molecule has 2 heteroatoms. The van der Waals surface area contributed by atoms with Crippen molar-refractivity contribution in [3.05, 3.63) is 132 Å². The van der Waals surface area contributed by atoms with Crippen molar-refractivity contribution in [1.29, 1.82) is 0 Å². The molecule has 3 saturated carbocycles. The van der Waals surface area contributed by atoms with Gasteiger partial charge in [-0.25, -0.2) is 0 Å². The number of thiophene rings is 2. The second-order valence-electron chi connectivity index (χ2n) is 16.3. The minimum Gasteiger partial charge on any atom is -0.135 e.